The Morgan fingerprint density at radius 2 is 2.32 bits per heavy atom. The van der Waals surface area contributed by atoms with E-state index in [2.05, 4.69) is 26.2 Å². The van der Waals surface area contributed by atoms with Crippen molar-refractivity contribution in [3.05, 3.63) is 33.2 Å². The van der Waals surface area contributed by atoms with Crippen LogP contribution in [0.15, 0.2) is 31.2 Å². The molecule has 1 aromatic heterocycles. The van der Waals surface area contributed by atoms with Crippen molar-refractivity contribution in [3.63, 3.8) is 0 Å². The van der Waals surface area contributed by atoms with Crippen molar-refractivity contribution < 1.29 is 4.79 Å². The molecule has 7 heteroatoms. The Bertz CT molecular complexity index is 671. The lowest BCUT2D eigenvalue weighted by Crippen LogP contribution is -2.19. The molecule has 1 aliphatic rings. The van der Waals surface area contributed by atoms with E-state index in [0.29, 0.717) is 0 Å². The number of thiazole rings is 1. The van der Waals surface area contributed by atoms with Crippen LogP contribution in [0.1, 0.15) is 17.3 Å². The van der Waals surface area contributed by atoms with Crippen molar-refractivity contribution in [2.24, 2.45) is 5.73 Å². The van der Waals surface area contributed by atoms with Gasteiger partial charge in [-0.25, -0.2) is 4.98 Å². The fourth-order valence-electron chi connectivity index (χ4n) is 1.84. The number of benzene rings is 1. The number of hydrogen-bond acceptors (Lipinski definition) is 5. The molecule has 0 bridgehead atoms. The standard InChI is InChI=1S/C12H10BrN3OS2/c1-5-4-18-12(15-5)19-9-3-8-6(2-7(9)13)10(14)11(17)16-8/h2-4,10H,14H2,1H3,(H,16,17). The van der Waals surface area contributed by atoms with Crippen LogP contribution in [-0.4, -0.2) is 10.9 Å². The van der Waals surface area contributed by atoms with Gasteiger partial charge in [-0.15, -0.1) is 11.3 Å². The third-order valence-electron chi connectivity index (χ3n) is 2.77. The Kier molecular flexibility index (Phi) is 3.38. The molecule has 2 aromatic rings. The molecular formula is C12H10BrN3OS2. The number of nitrogens with one attached hydrogen (secondary N) is 1. The van der Waals surface area contributed by atoms with Gasteiger partial charge >= 0.3 is 0 Å². The van der Waals surface area contributed by atoms with Gasteiger partial charge in [0.15, 0.2) is 4.34 Å². The number of carbonyl (C=O) groups is 1. The van der Waals surface area contributed by atoms with Gasteiger partial charge in [0, 0.05) is 31.7 Å². The lowest BCUT2D eigenvalue weighted by atomic mass is 10.1. The van der Waals surface area contributed by atoms with Gasteiger partial charge in [0.1, 0.15) is 6.04 Å². The second-order valence-electron chi connectivity index (χ2n) is 4.19. The van der Waals surface area contributed by atoms with E-state index in [-0.39, 0.29) is 5.91 Å². The number of aromatic nitrogens is 1. The molecule has 0 fully saturated rings. The predicted octanol–water partition coefficient (Wildman–Crippen LogP) is 3.32. The third-order valence-corrected chi connectivity index (χ3v) is 5.81. The van der Waals surface area contributed by atoms with Crippen LogP contribution >= 0.6 is 39.0 Å². The van der Waals surface area contributed by atoms with Gasteiger partial charge in [0.05, 0.1) is 0 Å². The van der Waals surface area contributed by atoms with Crippen molar-refractivity contribution in [2.75, 3.05) is 5.32 Å². The van der Waals surface area contributed by atoms with Crippen molar-refractivity contribution in [1.82, 2.24) is 4.98 Å². The highest BCUT2D eigenvalue weighted by Gasteiger charge is 2.28. The normalized spacial score (nSPS) is 17.4. The molecule has 1 unspecified atom stereocenters. The molecule has 3 rings (SSSR count). The lowest BCUT2D eigenvalue weighted by molar-refractivity contribution is -0.116. The zero-order valence-electron chi connectivity index (χ0n) is 9.94. The summed E-state index contributed by atoms with van der Waals surface area (Å²) in [5.41, 5.74) is 8.45. The molecule has 4 nitrogen and oxygen atoms in total. The Labute approximate surface area is 126 Å². The zero-order valence-corrected chi connectivity index (χ0v) is 13.2. The largest absolute Gasteiger partial charge is 0.324 e. The Morgan fingerprint density at radius 3 is 3.00 bits per heavy atom. The van der Waals surface area contributed by atoms with Gasteiger partial charge in [-0.05, 0) is 35.0 Å². The minimum atomic E-state index is -0.576. The maximum atomic E-state index is 11.5. The van der Waals surface area contributed by atoms with Crippen LogP contribution in [-0.2, 0) is 4.79 Å². The van der Waals surface area contributed by atoms with Crippen molar-refractivity contribution in [2.45, 2.75) is 22.2 Å². The van der Waals surface area contributed by atoms with Crippen LogP contribution in [0.25, 0.3) is 0 Å². The molecule has 0 saturated carbocycles. The molecule has 98 valence electrons. The quantitative estimate of drug-likeness (QED) is 0.866. The number of amides is 1. The number of fused-ring (bicyclic) bond motifs is 1. The number of nitrogens with two attached hydrogens (primary N) is 1. The van der Waals surface area contributed by atoms with E-state index in [9.17, 15) is 4.79 Å². The smallest absolute Gasteiger partial charge is 0.245 e. The first kappa shape index (κ1) is 13.1. The summed E-state index contributed by atoms with van der Waals surface area (Å²) in [6.07, 6.45) is 0. The second-order valence-corrected chi connectivity index (χ2v) is 7.20. The van der Waals surface area contributed by atoms with Crippen molar-refractivity contribution in [1.29, 1.82) is 0 Å². The minimum absolute atomic E-state index is 0.158. The van der Waals surface area contributed by atoms with E-state index < -0.39 is 6.04 Å². The van der Waals surface area contributed by atoms with E-state index in [1.807, 2.05) is 24.4 Å². The SMILES string of the molecule is Cc1csc(Sc2cc3c(cc2Br)C(N)C(=O)N3)n1. The fraction of sp³-hybridized carbons (Fsp3) is 0.167. The average molecular weight is 356 g/mol. The summed E-state index contributed by atoms with van der Waals surface area (Å²) < 4.78 is 1.91. The van der Waals surface area contributed by atoms with Crippen LogP contribution in [0, 0.1) is 6.92 Å². The molecule has 1 aliphatic heterocycles. The van der Waals surface area contributed by atoms with E-state index in [1.54, 1.807) is 23.1 Å². The van der Waals surface area contributed by atoms with Gasteiger partial charge < -0.3 is 11.1 Å². The monoisotopic (exact) mass is 355 g/mol. The highest BCUT2D eigenvalue weighted by molar-refractivity contribution is 9.10. The summed E-state index contributed by atoms with van der Waals surface area (Å²) in [5, 5.41) is 4.81. The number of halogens is 1. The van der Waals surface area contributed by atoms with Gasteiger partial charge in [0.25, 0.3) is 0 Å². The zero-order chi connectivity index (χ0) is 13.6. The summed E-state index contributed by atoms with van der Waals surface area (Å²) in [4.78, 5) is 17.0. The molecule has 1 aromatic carbocycles. The molecule has 19 heavy (non-hydrogen) atoms. The highest BCUT2D eigenvalue weighted by Crippen LogP contribution is 2.41. The molecule has 1 amide bonds. The van der Waals surface area contributed by atoms with Gasteiger partial charge in [0.2, 0.25) is 5.91 Å². The van der Waals surface area contributed by atoms with Crippen LogP contribution < -0.4 is 11.1 Å². The summed E-state index contributed by atoms with van der Waals surface area (Å²) in [7, 11) is 0. The number of carbonyl (C=O) groups excluding carboxylic acids is 1. The Balaban J connectivity index is 1.96. The fourth-order valence-corrected chi connectivity index (χ4v) is 4.28. The minimum Gasteiger partial charge on any atom is -0.324 e. The van der Waals surface area contributed by atoms with E-state index >= 15 is 0 Å². The number of aryl methyl sites for hydroxylation is 1. The first-order chi connectivity index (χ1) is 9.04. The molecule has 0 spiro atoms. The molecule has 2 heterocycles. The van der Waals surface area contributed by atoms with Crippen LogP contribution in [0.5, 0.6) is 0 Å². The van der Waals surface area contributed by atoms with E-state index in [1.165, 1.54) is 0 Å². The third kappa shape index (κ3) is 2.43. The summed E-state index contributed by atoms with van der Waals surface area (Å²) >= 11 is 6.70. The van der Waals surface area contributed by atoms with Gasteiger partial charge in [-0.2, -0.15) is 0 Å². The topological polar surface area (TPSA) is 68.0 Å². The Hall–Kier alpha value is -0.890. The summed E-state index contributed by atoms with van der Waals surface area (Å²) in [6.45, 7) is 1.97. The molecule has 0 saturated heterocycles. The molecule has 3 N–H and O–H groups in total. The molecule has 0 radical (unpaired) electrons. The number of nitrogens with zero attached hydrogens (tertiary/aromatic N) is 1. The van der Waals surface area contributed by atoms with E-state index in [0.717, 1.165) is 30.7 Å². The van der Waals surface area contributed by atoms with Gasteiger partial charge in [-0.3, -0.25) is 4.79 Å². The van der Waals surface area contributed by atoms with Crippen LogP contribution in [0.2, 0.25) is 0 Å². The van der Waals surface area contributed by atoms with Gasteiger partial charge in [-0.1, -0.05) is 11.8 Å². The predicted molar refractivity (Wildman–Crippen MR) is 80.7 cm³/mol. The van der Waals surface area contributed by atoms with Crippen molar-refractivity contribution in [3.8, 4) is 0 Å². The summed E-state index contributed by atoms with van der Waals surface area (Å²) in [5.74, 6) is -0.158. The second kappa shape index (κ2) is 4.90. The molecular weight excluding hydrogens is 346 g/mol. The average Bonchev–Trinajstić information content (AvgIpc) is 2.87. The van der Waals surface area contributed by atoms with Crippen molar-refractivity contribution >= 4 is 50.6 Å². The van der Waals surface area contributed by atoms with Crippen LogP contribution in [0.3, 0.4) is 0 Å². The molecule has 1 atom stereocenters. The maximum Gasteiger partial charge on any atom is 0.245 e. The first-order valence-corrected chi connectivity index (χ1v) is 8.03. The maximum absolute atomic E-state index is 11.5. The highest BCUT2D eigenvalue weighted by atomic mass is 79.9. The Morgan fingerprint density at radius 1 is 1.53 bits per heavy atom. The van der Waals surface area contributed by atoms with Crippen LogP contribution in [0.4, 0.5) is 5.69 Å². The van der Waals surface area contributed by atoms with E-state index in [4.69, 9.17) is 5.73 Å². The summed E-state index contributed by atoms with van der Waals surface area (Å²) in [6, 6.07) is 3.26. The number of rotatable bonds is 2. The number of anilines is 1. The lowest BCUT2D eigenvalue weighted by Gasteiger charge is -2.07. The number of hydrogen-bond donors (Lipinski definition) is 2. The first-order valence-electron chi connectivity index (χ1n) is 5.54. The molecule has 0 aliphatic carbocycles.